The molecule has 106 valence electrons. The lowest BCUT2D eigenvalue weighted by Gasteiger charge is -2.32. The summed E-state index contributed by atoms with van der Waals surface area (Å²) < 4.78 is 53.0. The van der Waals surface area contributed by atoms with Gasteiger partial charge >= 0.3 is 0 Å². The summed E-state index contributed by atoms with van der Waals surface area (Å²) in [5.74, 6) is -1.79. The van der Waals surface area contributed by atoms with Gasteiger partial charge in [0.15, 0.2) is 0 Å². The summed E-state index contributed by atoms with van der Waals surface area (Å²) in [5, 5.41) is 3.06. The van der Waals surface area contributed by atoms with Crippen molar-refractivity contribution >= 4 is 10.0 Å². The van der Waals surface area contributed by atoms with Crippen LogP contribution in [0.15, 0.2) is 17.0 Å². The van der Waals surface area contributed by atoms with Gasteiger partial charge in [0.1, 0.15) is 16.5 Å². The maximum Gasteiger partial charge on any atom is 0.246 e. The molecule has 2 rings (SSSR count). The predicted molar refractivity (Wildman–Crippen MR) is 67.3 cm³/mol. The number of rotatable bonds is 2. The zero-order valence-corrected chi connectivity index (χ0v) is 11.6. The molecule has 1 saturated heterocycles. The van der Waals surface area contributed by atoms with E-state index in [1.807, 2.05) is 0 Å². The van der Waals surface area contributed by atoms with Crippen LogP contribution >= 0.6 is 0 Å². The van der Waals surface area contributed by atoms with E-state index in [9.17, 15) is 17.2 Å². The molecule has 1 heterocycles. The molecule has 1 aromatic rings. The molecule has 0 spiro atoms. The van der Waals surface area contributed by atoms with Crippen LogP contribution < -0.4 is 5.32 Å². The average Bonchev–Trinajstić information content (AvgIpc) is 2.34. The van der Waals surface area contributed by atoms with Gasteiger partial charge in [0, 0.05) is 31.7 Å². The van der Waals surface area contributed by atoms with Crippen molar-refractivity contribution in [3.8, 4) is 0 Å². The van der Waals surface area contributed by atoms with Crippen molar-refractivity contribution in [1.29, 1.82) is 0 Å². The van der Waals surface area contributed by atoms with Crippen molar-refractivity contribution in [2.45, 2.75) is 24.8 Å². The number of benzene rings is 1. The van der Waals surface area contributed by atoms with Crippen LogP contribution in [0.2, 0.25) is 0 Å². The number of hydrogen-bond acceptors (Lipinski definition) is 3. The van der Waals surface area contributed by atoms with Crippen LogP contribution in [0.1, 0.15) is 12.5 Å². The normalized spacial score (nSPS) is 21.6. The molecule has 1 atom stereocenters. The maximum atomic E-state index is 13.7. The quantitative estimate of drug-likeness (QED) is 0.892. The van der Waals surface area contributed by atoms with Crippen molar-refractivity contribution in [1.82, 2.24) is 9.62 Å². The van der Waals surface area contributed by atoms with Crippen LogP contribution in [0.5, 0.6) is 0 Å². The van der Waals surface area contributed by atoms with E-state index in [1.54, 1.807) is 6.92 Å². The molecule has 1 unspecified atom stereocenters. The summed E-state index contributed by atoms with van der Waals surface area (Å²) >= 11 is 0. The van der Waals surface area contributed by atoms with Gasteiger partial charge in [-0.25, -0.2) is 17.2 Å². The minimum atomic E-state index is -3.93. The fourth-order valence-corrected chi connectivity index (χ4v) is 3.90. The van der Waals surface area contributed by atoms with Crippen LogP contribution in [0, 0.1) is 18.6 Å². The molecule has 1 aromatic carbocycles. The number of nitrogens with one attached hydrogen (secondary N) is 1. The first-order valence-corrected chi connectivity index (χ1v) is 7.46. The van der Waals surface area contributed by atoms with Crippen molar-refractivity contribution in [2.75, 3.05) is 19.6 Å². The van der Waals surface area contributed by atoms with Gasteiger partial charge in [-0.2, -0.15) is 4.31 Å². The van der Waals surface area contributed by atoms with Gasteiger partial charge in [0.25, 0.3) is 0 Å². The van der Waals surface area contributed by atoms with E-state index in [4.69, 9.17) is 0 Å². The van der Waals surface area contributed by atoms with Crippen LogP contribution in [-0.2, 0) is 10.0 Å². The number of hydrogen-bond donors (Lipinski definition) is 1. The zero-order chi connectivity index (χ0) is 14.2. The lowest BCUT2D eigenvalue weighted by molar-refractivity contribution is 0.283. The molecule has 0 aromatic heterocycles. The monoisotopic (exact) mass is 290 g/mol. The Morgan fingerprint density at radius 2 is 2.00 bits per heavy atom. The molecule has 7 heteroatoms. The third-order valence-electron chi connectivity index (χ3n) is 3.24. The Bertz CT molecular complexity index is 590. The van der Waals surface area contributed by atoms with E-state index in [2.05, 4.69) is 5.32 Å². The first-order chi connectivity index (χ1) is 8.84. The third-order valence-corrected chi connectivity index (χ3v) is 5.27. The van der Waals surface area contributed by atoms with Crippen LogP contribution in [0.4, 0.5) is 8.78 Å². The zero-order valence-electron chi connectivity index (χ0n) is 10.8. The van der Waals surface area contributed by atoms with E-state index < -0.39 is 26.6 Å². The number of aryl methyl sites for hydroxylation is 1. The molecular formula is C12H16F2N2O2S. The predicted octanol–water partition coefficient (Wildman–Crippen LogP) is 1.26. The highest BCUT2D eigenvalue weighted by Crippen LogP contribution is 2.24. The summed E-state index contributed by atoms with van der Waals surface area (Å²) in [7, 11) is -3.93. The van der Waals surface area contributed by atoms with Crippen molar-refractivity contribution < 1.29 is 17.2 Å². The Labute approximate surface area is 111 Å². The first kappa shape index (κ1) is 14.4. The van der Waals surface area contributed by atoms with E-state index in [1.165, 1.54) is 11.2 Å². The first-order valence-electron chi connectivity index (χ1n) is 6.02. The molecule has 0 aliphatic carbocycles. The number of piperazine rings is 1. The Kier molecular flexibility index (Phi) is 3.89. The van der Waals surface area contributed by atoms with E-state index in [0.717, 1.165) is 6.07 Å². The maximum absolute atomic E-state index is 13.7. The highest BCUT2D eigenvalue weighted by Gasteiger charge is 2.33. The van der Waals surface area contributed by atoms with Gasteiger partial charge in [-0.1, -0.05) is 0 Å². The third kappa shape index (κ3) is 2.63. The van der Waals surface area contributed by atoms with Crippen molar-refractivity contribution in [3.05, 3.63) is 29.3 Å². The van der Waals surface area contributed by atoms with Gasteiger partial charge in [0.05, 0.1) is 0 Å². The molecule has 1 fully saturated rings. The molecule has 0 bridgehead atoms. The highest BCUT2D eigenvalue weighted by molar-refractivity contribution is 7.89. The van der Waals surface area contributed by atoms with Crippen LogP contribution in [0.25, 0.3) is 0 Å². The molecule has 0 radical (unpaired) electrons. The second kappa shape index (κ2) is 5.15. The highest BCUT2D eigenvalue weighted by atomic mass is 32.2. The van der Waals surface area contributed by atoms with E-state index >= 15 is 0 Å². The Morgan fingerprint density at radius 3 is 2.63 bits per heavy atom. The van der Waals surface area contributed by atoms with Crippen molar-refractivity contribution in [3.63, 3.8) is 0 Å². The number of nitrogens with zero attached hydrogens (tertiary/aromatic N) is 1. The van der Waals surface area contributed by atoms with Gasteiger partial charge in [-0.3, -0.25) is 0 Å². The van der Waals surface area contributed by atoms with E-state index in [0.29, 0.717) is 19.2 Å². The van der Waals surface area contributed by atoms with Crippen LogP contribution in [-0.4, -0.2) is 38.4 Å². The molecule has 1 aliphatic heterocycles. The molecule has 0 saturated carbocycles. The minimum absolute atomic E-state index is 0.114. The smallest absolute Gasteiger partial charge is 0.246 e. The lowest BCUT2D eigenvalue weighted by atomic mass is 10.2. The summed E-state index contributed by atoms with van der Waals surface area (Å²) in [4.78, 5) is -0.458. The Morgan fingerprint density at radius 1 is 1.32 bits per heavy atom. The Balaban J connectivity index is 2.47. The summed E-state index contributed by atoms with van der Waals surface area (Å²) in [6, 6.07) is 1.41. The summed E-state index contributed by atoms with van der Waals surface area (Å²) in [6.07, 6.45) is 0. The number of halogens is 2. The van der Waals surface area contributed by atoms with Gasteiger partial charge in [-0.15, -0.1) is 0 Å². The summed E-state index contributed by atoms with van der Waals surface area (Å²) in [5.41, 5.74) is 0.114. The molecule has 4 nitrogen and oxygen atoms in total. The second-order valence-corrected chi connectivity index (χ2v) is 6.56. The molecule has 0 amide bonds. The lowest BCUT2D eigenvalue weighted by Crippen LogP contribution is -2.52. The fourth-order valence-electron chi connectivity index (χ4n) is 2.13. The van der Waals surface area contributed by atoms with Crippen molar-refractivity contribution in [2.24, 2.45) is 0 Å². The number of sulfonamides is 1. The fraction of sp³-hybridized carbons (Fsp3) is 0.500. The summed E-state index contributed by atoms with van der Waals surface area (Å²) in [6.45, 7) is 4.47. The molecule has 19 heavy (non-hydrogen) atoms. The molecular weight excluding hydrogens is 274 g/mol. The molecule has 1 aliphatic rings. The second-order valence-electron chi connectivity index (χ2n) is 4.70. The Hall–Kier alpha value is -1.05. The largest absolute Gasteiger partial charge is 0.314 e. The SMILES string of the molecule is Cc1cc(S(=O)(=O)N2CCNCC2C)c(F)cc1F. The van der Waals surface area contributed by atoms with Crippen LogP contribution in [0.3, 0.4) is 0 Å². The topological polar surface area (TPSA) is 49.4 Å². The van der Waals surface area contributed by atoms with E-state index in [-0.39, 0.29) is 18.2 Å². The standard InChI is InChI=1S/C12H16F2N2O2S/c1-8-5-12(11(14)6-10(8)13)19(17,18)16-4-3-15-7-9(16)2/h5-6,9,15H,3-4,7H2,1-2H3. The molecule has 1 N–H and O–H groups in total. The van der Waals surface area contributed by atoms with Gasteiger partial charge in [0.2, 0.25) is 10.0 Å². The minimum Gasteiger partial charge on any atom is -0.314 e. The van der Waals surface area contributed by atoms with Gasteiger partial charge < -0.3 is 5.32 Å². The van der Waals surface area contributed by atoms with Gasteiger partial charge in [-0.05, 0) is 25.5 Å². The average molecular weight is 290 g/mol.